The molecule has 0 aromatic heterocycles. The van der Waals surface area contributed by atoms with E-state index in [1.165, 1.54) is 25.1 Å². The molecule has 174 valence electrons. The molecule has 31 heavy (non-hydrogen) atoms. The van der Waals surface area contributed by atoms with Crippen LogP contribution in [0.1, 0.15) is 50.0 Å². The van der Waals surface area contributed by atoms with Gasteiger partial charge in [-0.1, -0.05) is 6.07 Å². The van der Waals surface area contributed by atoms with Gasteiger partial charge in [0.25, 0.3) is 5.91 Å². The lowest BCUT2D eigenvalue weighted by Crippen LogP contribution is -2.59. The van der Waals surface area contributed by atoms with Crippen LogP contribution in [0.2, 0.25) is 0 Å². The molecule has 2 rings (SSSR count). The average molecular weight is 465 g/mol. The molecule has 0 saturated heterocycles. The van der Waals surface area contributed by atoms with Gasteiger partial charge in [-0.05, 0) is 43.4 Å². The molecule has 2 amide bonds. The van der Waals surface area contributed by atoms with Crippen LogP contribution in [0, 0.1) is 0 Å². The molecule has 1 aliphatic rings. The molecule has 1 aromatic carbocycles. The largest absolute Gasteiger partial charge is 0.484 e. The molecule has 1 atom stereocenters. The van der Waals surface area contributed by atoms with Crippen molar-refractivity contribution in [2.24, 2.45) is 10.7 Å². The van der Waals surface area contributed by atoms with E-state index >= 15 is 0 Å². The second-order valence-electron chi connectivity index (χ2n) is 7.80. The van der Waals surface area contributed by atoms with Gasteiger partial charge in [-0.3, -0.25) is 9.59 Å². The van der Waals surface area contributed by atoms with Gasteiger partial charge in [0.15, 0.2) is 6.61 Å². The first-order valence-electron chi connectivity index (χ1n) is 9.28. The molecule has 0 unspecified atom stereocenters. The third kappa shape index (κ3) is 7.53. The van der Waals surface area contributed by atoms with Crippen LogP contribution in [0.5, 0.6) is 5.75 Å². The molecule has 3 N–H and O–H groups in total. The average Bonchev–Trinajstić information content (AvgIpc) is 3.41. The smallest absolute Gasteiger partial charge is 0.422 e. The van der Waals surface area contributed by atoms with Crippen LogP contribution in [0.15, 0.2) is 23.2 Å². The summed E-state index contributed by atoms with van der Waals surface area (Å²) in [4.78, 5) is 27.6. The monoisotopic (exact) mass is 465 g/mol. The quantitative estimate of drug-likeness (QED) is 0.447. The predicted molar refractivity (Wildman–Crippen MR) is 110 cm³/mol. The van der Waals surface area contributed by atoms with Crippen molar-refractivity contribution < 1.29 is 37.3 Å². The number of halogens is 3. The Morgan fingerprint density at radius 2 is 1.94 bits per heavy atom. The maximum absolute atomic E-state index is 12.8. The van der Waals surface area contributed by atoms with Crippen LogP contribution < -0.4 is 15.8 Å². The van der Waals surface area contributed by atoms with Crippen LogP contribution in [0.4, 0.5) is 13.2 Å². The number of alkyl halides is 3. The van der Waals surface area contributed by atoms with Crippen molar-refractivity contribution in [2.45, 2.75) is 44.3 Å². The Morgan fingerprint density at radius 3 is 2.42 bits per heavy atom. The number of amides is 2. The zero-order valence-electron chi connectivity index (χ0n) is 17.2. The molecule has 1 fully saturated rings. The number of benzene rings is 1. The molecular weight excluding hydrogens is 439 g/mol. The standard InChI is InChI=1S/C19H24F3N3O5S.H2/c1-11(26)24-17(23)18(2,10-31(3,28)29)25-16(27)13-6-7-14(12-4-5-12)15(8-13)30-9-19(20,21)22;/h6-8,12H,4-5,9-10H2,1-3H3,(H,25,27)(H2,23,24,26);1H/t18-;/m0./s1. The number of rotatable bonds is 8. The maximum atomic E-state index is 12.8. The molecule has 12 heteroatoms. The highest BCUT2D eigenvalue weighted by Gasteiger charge is 2.36. The van der Waals surface area contributed by atoms with E-state index in [2.05, 4.69) is 10.3 Å². The highest BCUT2D eigenvalue weighted by Crippen LogP contribution is 2.44. The summed E-state index contributed by atoms with van der Waals surface area (Å²) in [5, 5.41) is 2.43. The summed E-state index contributed by atoms with van der Waals surface area (Å²) in [6.07, 6.45) is -2.02. The molecule has 1 saturated carbocycles. The van der Waals surface area contributed by atoms with Crippen LogP contribution in [-0.4, -0.2) is 56.4 Å². The first kappa shape index (κ1) is 24.6. The zero-order valence-corrected chi connectivity index (χ0v) is 18.1. The molecule has 0 heterocycles. The number of ether oxygens (including phenoxy) is 1. The lowest BCUT2D eigenvalue weighted by Gasteiger charge is -2.29. The number of hydrogen-bond donors (Lipinski definition) is 2. The van der Waals surface area contributed by atoms with Crippen LogP contribution in [0.3, 0.4) is 0 Å². The number of sulfone groups is 1. The van der Waals surface area contributed by atoms with Crippen LogP contribution >= 0.6 is 0 Å². The molecule has 8 nitrogen and oxygen atoms in total. The fourth-order valence-corrected chi connectivity index (χ4v) is 4.27. The molecule has 0 spiro atoms. The minimum absolute atomic E-state index is 0. The number of nitrogens with zero attached hydrogens (tertiary/aromatic N) is 1. The minimum atomic E-state index is -4.55. The van der Waals surface area contributed by atoms with Gasteiger partial charge >= 0.3 is 6.18 Å². The van der Waals surface area contributed by atoms with E-state index in [1.54, 1.807) is 0 Å². The number of amidine groups is 1. The SMILES string of the molecule is CC(=O)N=C(N)[C@](C)(CS(C)(=O)=O)NC(=O)c1ccc(C2CC2)c(OCC(F)(F)F)c1.[HH]. The van der Waals surface area contributed by atoms with Crippen LogP contribution in [-0.2, 0) is 14.6 Å². The lowest BCUT2D eigenvalue weighted by atomic mass is 10.0. The number of hydrogen-bond acceptors (Lipinski definition) is 5. The summed E-state index contributed by atoms with van der Waals surface area (Å²) < 4.78 is 66.4. The van der Waals surface area contributed by atoms with Crippen molar-refractivity contribution in [3.8, 4) is 5.75 Å². The van der Waals surface area contributed by atoms with Crippen molar-refractivity contribution in [1.82, 2.24) is 5.32 Å². The fourth-order valence-electron chi connectivity index (χ4n) is 3.01. The third-order valence-electron chi connectivity index (χ3n) is 4.47. The second-order valence-corrected chi connectivity index (χ2v) is 9.94. The Kier molecular flexibility index (Phi) is 7.03. The summed E-state index contributed by atoms with van der Waals surface area (Å²) >= 11 is 0. The summed E-state index contributed by atoms with van der Waals surface area (Å²) in [6.45, 7) is 0.881. The third-order valence-corrected chi connectivity index (χ3v) is 5.57. The highest BCUT2D eigenvalue weighted by molar-refractivity contribution is 7.90. The zero-order chi connectivity index (χ0) is 23.6. The highest BCUT2D eigenvalue weighted by atomic mass is 32.2. The Hall–Kier alpha value is -2.63. The summed E-state index contributed by atoms with van der Waals surface area (Å²) in [5.41, 5.74) is 4.57. The maximum Gasteiger partial charge on any atom is 0.422 e. The van der Waals surface area contributed by atoms with E-state index in [0.717, 1.165) is 26.0 Å². The van der Waals surface area contributed by atoms with Gasteiger partial charge in [0.2, 0.25) is 5.91 Å². The fraction of sp³-hybridized carbons (Fsp3) is 0.526. The van der Waals surface area contributed by atoms with Gasteiger partial charge in [-0.2, -0.15) is 18.2 Å². The second kappa shape index (κ2) is 8.85. The minimum Gasteiger partial charge on any atom is -0.484 e. The molecule has 1 aromatic rings. The summed E-state index contributed by atoms with van der Waals surface area (Å²) in [7, 11) is -3.67. The lowest BCUT2D eigenvalue weighted by molar-refractivity contribution is -0.153. The van der Waals surface area contributed by atoms with E-state index in [-0.39, 0.29) is 18.7 Å². The van der Waals surface area contributed by atoms with Crippen LogP contribution in [0.25, 0.3) is 0 Å². The van der Waals surface area contributed by atoms with Gasteiger partial charge in [0.05, 0.1) is 5.75 Å². The summed E-state index contributed by atoms with van der Waals surface area (Å²) in [5.74, 6) is -2.57. The first-order valence-corrected chi connectivity index (χ1v) is 11.3. The van der Waals surface area contributed by atoms with Crippen molar-refractivity contribution >= 4 is 27.5 Å². The number of carbonyl (C=O) groups is 2. The van der Waals surface area contributed by atoms with Crippen molar-refractivity contribution in [2.75, 3.05) is 18.6 Å². The predicted octanol–water partition coefficient (Wildman–Crippen LogP) is 2.19. The van der Waals surface area contributed by atoms with Crippen molar-refractivity contribution in [1.29, 1.82) is 0 Å². The van der Waals surface area contributed by atoms with E-state index < -0.39 is 51.6 Å². The molecular formula is C19H26F3N3O5S. The molecule has 1 aliphatic carbocycles. The van der Waals surface area contributed by atoms with Gasteiger partial charge in [0.1, 0.15) is 27.0 Å². The van der Waals surface area contributed by atoms with Gasteiger partial charge in [-0.15, -0.1) is 0 Å². The number of aliphatic imine (C=N–C) groups is 1. The Morgan fingerprint density at radius 1 is 1.32 bits per heavy atom. The topological polar surface area (TPSA) is 128 Å². The van der Waals surface area contributed by atoms with E-state index in [0.29, 0.717) is 5.56 Å². The van der Waals surface area contributed by atoms with Crippen molar-refractivity contribution in [3.63, 3.8) is 0 Å². The van der Waals surface area contributed by atoms with E-state index in [1.807, 2.05) is 0 Å². The Bertz CT molecular complexity index is 1010. The number of nitrogens with one attached hydrogen (secondary N) is 1. The Labute approximate surface area is 179 Å². The van der Waals surface area contributed by atoms with Crippen molar-refractivity contribution in [3.05, 3.63) is 29.3 Å². The normalized spacial score (nSPS) is 17.0. The molecule has 0 aliphatic heterocycles. The number of carbonyl (C=O) groups excluding carboxylic acids is 2. The molecule has 0 radical (unpaired) electrons. The summed E-state index contributed by atoms with van der Waals surface area (Å²) in [6, 6.07) is 4.09. The molecule has 0 bridgehead atoms. The number of nitrogens with two attached hydrogens (primary N) is 1. The van der Waals surface area contributed by atoms with Gasteiger partial charge in [0, 0.05) is 20.2 Å². The first-order chi connectivity index (χ1) is 14.1. The Balaban J connectivity index is 0.00000512. The van der Waals surface area contributed by atoms with E-state index in [9.17, 15) is 31.2 Å². The van der Waals surface area contributed by atoms with Gasteiger partial charge < -0.3 is 15.8 Å². The van der Waals surface area contributed by atoms with E-state index in [4.69, 9.17) is 10.5 Å². The van der Waals surface area contributed by atoms with Gasteiger partial charge in [-0.25, -0.2) is 8.42 Å².